The van der Waals surface area contributed by atoms with Gasteiger partial charge in [0.2, 0.25) is 10.0 Å². The maximum Gasteiger partial charge on any atom is 0.573 e. The van der Waals surface area contributed by atoms with E-state index in [1.54, 1.807) is 26.0 Å². The van der Waals surface area contributed by atoms with Crippen molar-refractivity contribution in [3.63, 3.8) is 0 Å². The van der Waals surface area contributed by atoms with E-state index in [1.165, 1.54) is 12.1 Å². The molecule has 11 heteroatoms. The third-order valence-corrected chi connectivity index (χ3v) is 5.28. The number of halogens is 3. The summed E-state index contributed by atoms with van der Waals surface area (Å²) in [5.74, 6) is -0.375. The van der Waals surface area contributed by atoms with Gasteiger partial charge < -0.3 is 15.8 Å². The second-order valence-electron chi connectivity index (χ2n) is 6.13. The van der Waals surface area contributed by atoms with E-state index in [2.05, 4.69) is 19.8 Å². The van der Waals surface area contributed by atoms with Gasteiger partial charge in [0.25, 0.3) is 0 Å². The van der Waals surface area contributed by atoms with Crippen molar-refractivity contribution in [1.82, 2.24) is 4.72 Å². The lowest BCUT2D eigenvalue weighted by atomic mass is 10.2. The van der Waals surface area contributed by atoms with E-state index < -0.39 is 16.4 Å². The number of sulfonamides is 1. The van der Waals surface area contributed by atoms with Gasteiger partial charge in [-0.2, -0.15) is 0 Å². The first-order valence-electron chi connectivity index (χ1n) is 8.46. The van der Waals surface area contributed by atoms with Crippen LogP contribution in [0.3, 0.4) is 0 Å². The van der Waals surface area contributed by atoms with Crippen LogP contribution in [0.1, 0.15) is 11.1 Å². The van der Waals surface area contributed by atoms with Gasteiger partial charge in [-0.15, -0.1) is 13.2 Å². The Bertz CT molecular complexity index is 975. The van der Waals surface area contributed by atoms with E-state index >= 15 is 0 Å². The van der Waals surface area contributed by atoms with Gasteiger partial charge in [0.15, 0.2) is 5.96 Å². The number of hydrogen-bond donors (Lipinski definition) is 3. The van der Waals surface area contributed by atoms with Gasteiger partial charge in [-0.1, -0.05) is 12.1 Å². The van der Waals surface area contributed by atoms with Gasteiger partial charge >= 0.3 is 6.36 Å². The maximum atomic E-state index is 12.4. The fraction of sp³-hybridized carbons (Fsp3) is 0.278. The van der Waals surface area contributed by atoms with E-state index in [0.717, 1.165) is 17.7 Å². The van der Waals surface area contributed by atoms with Crippen LogP contribution in [0.4, 0.5) is 18.9 Å². The van der Waals surface area contributed by atoms with Crippen molar-refractivity contribution in [3.05, 3.63) is 53.6 Å². The minimum Gasteiger partial charge on any atom is -0.406 e. The highest BCUT2D eigenvalue weighted by atomic mass is 32.2. The van der Waals surface area contributed by atoms with Crippen LogP contribution in [0, 0.1) is 13.8 Å². The topological polar surface area (TPSA) is 106 Å². The summed E-state index contributed by atoms with van der Waals surface area (Å²) in [4.78, 5) is 4.19. The van der Waals surface area contributed by atoms with Crippen LogP contribution in [-0.2, 0) is 10.0 Å². The molecule has 2 aromatic carbocycles. The molecule has 0 aliphatic carbocycles. The molecule has 4 N–H and O–H groups in total. The Balaban J connectivity index is 1.88. The van der Waals surface area contributed by atoms with Crippen LogP contribution < -0.4 is 20.5 Å². The lowest BCUT2D eigenvalue weighted by molar-refractivity contribution is -0.274. The highest BCUT2D eigenvalue weighted by Gasteiger charge is 2.30. The number of rotatable bonds is 7. The van der Waals surface area contributed by atoms with Crippen LogP contribution in [0.25, 0.3) is 0 Å². The SMILES string of the molecule is Cc1ccc(C)c(S(=O)(=O)NCCN=C(N)Nc2ccc(OC(F)(F)F)cc2)c1. The van der Waals surface area contributed by atoms with Crippen LogP contribution in [0.15, 0.2) is 52.4 Å². The first-order chi connectivity index (χ1) is 13.5. The van der Waals surface area contributed by atoms with Crippen molar-refractivity contribution in [2.75, 3.05) is 18.4 Å². The van der Waals surface area contributed by atoms with E-state index in [4.69, 9.17) is 5.73 Å². The highest BCUT2D eigenvalue weighted by molar-refractivity contribution is 7.89. The van der Waals surface area contributed by atoms with E-state index in [-0.39, 0.29) is 29.7 Å². The number of benzene rings is 2. The number of anilines is 1. The Hall–Kier alpha value is -2.79. The molecule has 7 nitrogen and oxygen atoms in total. The summed E-state index contributed by atoms with van der Waals surface area (Å²) in [7, 11) is -3.68. The monoisotopic (exact) mass is 430 g/mol. The Labute approximate surface area is 166 Å². The third-order valence-electron chi connectivity index (χ3n) is 3.68. The molecule has 0 unspecified atom stereocenters. The Morgan fingerprint density at radius 1 is 1.14 bits per heavy atom. The Morgan fingerprint density at radius 3 is 2.41 bits per heavy atom. The Morgan fingerprint density at radius 2 is 1.79 bits per heavy atom. The van der Waals surface area contributed by atoms with Crippen LogP contribution in [0.5, 0.6) is 5.75 Å². The summed E-state index contributed by atoms with van der Waals surface area (Å²) in [6.45, 7) is 3.60. The normalized spacial score (nSPS) is 12.7. The standard InChI is InChI=1S/C18H21F3N4O3S/c1-12-3-4-13(2)16(11-12)29(26,27)24-10-9-23-17(22)25-14-5-7-15(8-6-14)28-18(19,20)21/h3-8,11,24H,9-10H2,1-2H3,(H3,22,23,25). The third kappa shape index (κ3) is 7.27. The molecule has 0 aliphatic rings. The molecule has 158 valence electrons. The second-order valence-corrected chi connectivity index (χ2v) is 7.87. The first-order valence-corrected chi connectivity index (χ1v) is 9.94. The number of ether oxygens (including phenoxy) is 1. The number of hydrogen-bond acceptors (Lipinski definition) is 4. The molecule has 0 aliphatic heterocycles. The fourth-order valence-electron chi connectivity index (χ4n) is 2.36. The van der Waals surface area contributed by atoms with Crippen molar-refractivity contribution in [2.45, 2.75) is 25.1 Å². The van der Waals surface area contributed by atoms with Crippen molar-refractivity contribution < 1.29 is 26.3 Å². The molecule has 0 radical (unpaired) electrons. The molecule has 0 atom stereocenters. The lowest BCUT2D eigenvalue weighted by Crippen LogP contribution is -2.29. The van der Waals surface area contributed by atoms with Crippen molar-refractivity contribution in [3.8, 4) is 5.75 Å². The zero-order valence-corrected chi connectivity index (χ0v) is 16.6. The molecule has 0 saturated heterocycles. The number of nitrogens with zero attached hydrogens (tertiary/aromatic N) is 1. The van der Waals surface area contributed by atoms with E-state index in [1.807, 2.05) is 6.07 Å². The van der Waals surface area contributed by atoms with Crippen LogP contribution >= 0.6 is 0 Å². The van der Waals surface area contributed by atoms with Gasteiger partial charge in [-0.25, -0.2) is 13.1 Å². The van der Waals surface area contributed by atoms with Gasteiger partial charge in [-0.05, 0) is 55.3 Å². The van der Waals surface area contributed by atoms with E-state index in [0.29, 0.717) is 11.3 Å². The average molecular weight is 430 g/mol. The van der Waals surface area contributed by atoms with Crippen LogP contribution in [-0.4, -0.2) is 33.8 Å². The number of aliphatic imine (C=N–C) groups is 1. The zero-order chi connectivity index (χ0) is 21.7. The van der Waals surface area contributed by atoms with Gasteiger partial charge in [0.05, 0.1) is 11.4 Å². The van der Waals surface area contributed by atoms with Crippen molar-refractivity contribution in [2.24, 2.45) is 10.7 Å². The predicted octanol–water partition coefficient (Wildman–Crippen LogP) is 2.91. The maximum absolute atomic E-state index is 12.4. The fourth-order valence-corrected chi connectivity index (χ4v) is 3.71. The molecule has 0 bridgehead atoms. The molecule has 0 amide bonds. The van der Waals surface area contributed by atoms with Crippen molar-refractivity contribution >= 4 is 21.7 Å². The van der Waals surface area contributed by atoms with E-state index in [9.17, 15) is 21.6 Å². The number of guanidine groups is 1. The molecule has 0 fully saturated rings. The summed E-state index contributed by atoms with van der Waals surface area (Å²) in [6.07, 6.45) is -4.76. The average Bonchev–Trinajstić information content (AvgIpc) is 2.61. The first kappa shape index (κ1) is 22.5. The molecule has 0 spiro atoms. The Kier molecular flexibility index (Phi) is 7.09. The molecule has 0 heterocycles. The van der Waals surface area contributed by atoms with Gasteiger partial charge in [0, 0.05) is 12.2 Å². The molecular formula is C18H21F3N4O3S. The molecular weight excluding hydrogens is 409 g/mol. The molecule has 0 saturated carbocycles. The highest BCUT2D eigenvalue weighted by Crippen LogP contribution is 2.23. The minimum atomic E-state index is -4.76. The van der Waals surface area contributed by atoms with Gasteiger partial charge in [-0.3, -0.25) is 4.99 Å². The summed E-state index contributed by atoms with van der Waals surface area (Å²) in [6, 6.07) is 10.1. The number of alkyl halides is 3. The quantitative estimate of drug-likeness (QED) is 0.356. The molecule has 29 heavy (non-hydrogen) atoms. The summed E-state index contributed by atoms with van der Waals surface area (Å²) in [5.41, 5.74) is 7.56. The molecule has 2 rings (SSSR count). The van der Waals surface area contributed by atoms with Crippen molar-refractivity contribution in [1.29, 1.82) is 0 Å². The minimum absolute atomic E-state index is 0.0135. The zero-order valence-electron chi connectivity index (χ0n) is 15.7. The number of aryl methyl sites for hydroxylation is 2. The molecule has 2 aromatic rings. The van der Waals surface area contributed by atoms with Crippen LogP contribution in [0.2, 0.25) is 0 Å². The molecule has 0 aromatic heterocycles. The van der Waals surface area contributed by atoms with Gasteiger partial charge in [0.1, 0.15) is 5.75 Å². The smallest absolute Gasteiger partial charge is 0.406 e. The lowest BCUT2D eigenvalue weighted by Gasteiger charge is -2.11. The largest absolute Gasteiger partial charge is 0.573 e. The number of nitrogens with one attached hydrogen (secondary N) is 2. The predicted molar refractivity (Wildman–Crippen MR) is 104 cm³/mol. The summed E-state index contributed by atoms with van der Waals surface area (Å²) >= 11 is 0. The summed E-state index contributed by atoms with van der Waals surface area (Å²) < 4.78 is 67.4. The summed E-state index contributed by atoms with van der Waals surface area (Å²) in [5, 5.41) is 2.69. The number of nitrogens with two attached hydrogens (primary N) is 1. The second kappa shape index (κ2) is 9.14.